The highest BCUT2D eigenvalue weighted by atomic mass is 32.2. The summed E-state index contributed by atoms with van der Waals surface area (Å²) >= 11 is 0.871. The molecule has 106 valence electrons. The molecule has 0 spiro atoms. The maximum atomic E-state index is 12.4. The second-order valence-electron chi connectivity index (χ2n) is 3.76. The van der Waals surface area contributed by atoms with Gasteiger partial charge in [-0.1, -0.05) is 6.08 Å². The van der Waals surface area contributed by atoms with E-state index < -0.39 is 16.0 Å². The molecule has 0 aliphatic heterocycles. The van der Waals surface area contributed by atoms with Crippen LogP contribution in [0.3, 0.4) is 0 Å². The van der Waals surface area contributed by atoms with Gasteiger partial charge in [0.1, 0.15) is 9.77 Å². The van der Waals surface area contributed by atoms with Gasteiger partial charge >= 0.3 is 5.97 Å². The molecule has 1 rings (SSSR count). The molecule has 0 aliphatic rings. The van der Waals surface area contributed by atoms with Crippen LogP contribution in [0, 0.1) is 6.92 Å². The van der Waals surface area contributed by atoms with Gasteiger partial charge in [0, 0.05) is 13.1 Å². The standard InChI is InChI=1S/C11H15NO5S2/c1-3-4-12(5-6-13)19(16,17)10-8(2)7-18-9(10)11(14)15/h3,7,13H,1,4-6H2,2H3,(H,14,15). The molecule has 0 amide bonds. The summed E-state index contributed by atoms with van der Waals surface area (Å²) in [7, 11) is -3.96. The second kappa shape index (κ2) is 6.29. The van der Waals surface area contributed by atoms with E-state index in [1.165, 1.54) is 11.5 Å². The molecule has 0 aliphatic carbocycles. The molecule has 1 aromatic heterocycles. The normalized spacial score (nSPS) is 11.7. The largest absolute Gasteiger partial charge is 0.477 e. The summed E-state index contributed by atoms with van der Waals surface area (Å²) in [4.78, 5) is 10.7. The zero-order valence-corrected chi connectivity index (χ0v) is 12.0. The van der Waals surface area contributed by atoms with Crippen LogP contribution in [0.2, 0.25) is 0 Å². The number of aliphatic hydroxyl groups is 1. The van der Waals surface area contributed by atoms with Crippen LogP contribution in [-0.4, -0.2) is 48.6 Å². The molecule has 0 bridgehead atoms. The van der Waals surface area contributed by atoms with Crippen LogP contribution in [0.4, 0.5) is 0 Å². The van der Waals surface area contributed by atoms with E-state index in [0.717, 1.165) is 15.6 Å². The van der Waals surface area contributed by atoms with Crippen LogP contribution in [0.25, 0.3) is 0 Å². The predicted octanol–water partition coefficient (Wildman–Crippen LogP) is 0.924. The number of thiophene rings is 1. The number of aryl methyl sites for hydroxylation is 1. The molecule has 1 heterocycles. The zero-order chi connectivity index (χ0) is 14.6. The number of carboxylic acid groups (broad SMARTS) is 1. The SMILES string of the molecule is C=CCN(CCO)S(=O)(=O)c1c(C)csc1C(=O)O. The van der Waals surface area contributed by atoms with Crippen LogP contribution < -0.4 is 0 Å². The zero-order valence-electron chi connectivity index (χ0n) is 10.4. The molecular formula is C11H15NO5S2. The van der Waals surface area contributed by atoms with Crippen molar-refractivity contribution in [1.82, 2.24) is 4.31 Å². The average Bonchev–Trinajstić information content (AvgIpc) is 2.71. The molecule has 19 heavy (non-hydrogen) atoms. The van der Waals surface area contributed by atoms with E-state index in [1.807, 2.05) is 0 Å². The van der Waals surface area contributed by atoms with Crippen molar-refractivity contribution in [1.29, 1.82) is 0 Å². The lowest BCUT2D eigenvalue weighted by Gasteiger charge is -2.20. The van der Waals surface area contributed by atoms with E-state index in [2.05, 4.69) is 6.58 Å². The summed E-state index contributed by atoms with van der Waals surface area (Å²) in [6.45, 7) is 4.55. The smallest absolute Gasteiger partial charge is 0.347 e. The van der Waals surface area contributed by atoms with E-state index >= 15 is 0 Å². The molecule has 0 unspecified atom stereocenters. The number of sulfonamides is 1. The third-order valence-electron chi connectivity index (χ3n) is 2.39. The van der Waals surface area contributed by atoms with Crippen LogP contribution in [-0.2, 0) is 10.0 Å². The van der Waals surface area contributed by atoms with Crippen molar-refractivity contribution in [2.45, 2.75) is 11.8 Å². The van der Waals surface area contributed by atoms with Crippen LogP contribution in [0.15, 0.2) is 22.9 Å². The lowest BCUT2D eigenvalue weighted by Crippen LogP contribution is -2.34. The maximum absolute atomic E-state index is 12.4. The van der Waals surface area contributed by atoms with Gasteiger partial charge in [-0.25, -0.2) is 13.2 Å². The first-order valence-corrected chi connectivity index (χ1v) is 7.71. The molecule has 6 nitrogen and oxygen atoms in total. The fraction of sp³-hybridized carbons (Fsp3) is 0.364. The molecular weight excluding hydrogens is 290 g/mol. The van der Waals surface area contributed by atoms with E-state index in [-0.39, 0.29) is 29.5 Å². The van der Waals surface area contributed by atoms with Gasteiger partial charge < -0.3 is 10.2 Å². The summed E-state index contributed by atoms with van der Waals surface area (Å²) in [6.07, 6.45) is 1.38. The summed E-state index contributed by atoms with van der Waals surface area (Å²) < 4.78 is 25.9. The number of hydrogen-bond donors (Lipinski definition) is 2. The number of aliphatic hydroxyl groups excluding tert-OH is 1. The quantitative estimate of drug-likeness (QED) is 0.731. The summed E-state index contributed by atoms with van der Waals surface area (Å²) in [5.41, 5.74) is 0.384. The average molecular weight is 305 g/mol. The van der Waals surface area contributed by atoms with Gasteiger partial charge in [0.25, 0.3) is 0 Å². The molecule has 0 radical (unpaired) electrons. The summed E-state index contributed by atoms with van der Waals surface area (Å²) in [5.74, 6) is -1.28. The highest BCUT2D eigenvalue weighted by molar-refractivity contribution is 7.89. The first-order chi connectivity index (χ1) is 8.86. The van der Waals surface area contributed by atoms with Crippen molar-refractivity contribution < 1.29 is 23.4 Å². The molecule has 2 N–H and O–H groups in total. The topological polar surface area (TPSA) is 94.9 Å². The summed E-state index contributed by atoms with van der Waals surface area (Å²) in [6, 6.07) is 0. The minimum atomic E-state index is -3.96. The van der Waals surface area contributed by atoms with Gasteiger partial charge in [-0.15, -0.1) is 17.9 Å². The third kappa shape index (κ3) is 3.21. The van der Waals surface area contributed by atoms with Gasteiger partial charge in [-0.3, -0.25) is 0 Å². The Kier molecular flexibility index (Phi) is 5.24. The van der Waals surface area contributed by atoms with Crippen molar-refractivity contribution in [2.75, 3.05) is 19.7 Å². The molecule has 0 saturated heterocycles. The Morgan fingerprint density at radius 1 is 1.58 bits per heavy atom. The Morgan fingerprint density at radius 2 is 2.21 bits per heavy atom. The van der Waals surface area contributed by atoms with Crippen molar-refractivity contribution >= 4 is 27.3 Å². The minimum absolute atomic E-state index is 0.0111. The van der Waals surface area contributed by atoms with E-state index in [1.54, 1.807) is 6.92 Å². The fourth-order valence-electron chi connectivity index (χ4n) is 1.60. The Balaban J connectivity index is 3.36. The first kappa shape index (κ1) is 15.8. The Bertz CT molecular complexity index is 576. The summed E-state index contributed by atoms with van der Waals surface area (Å²) in [5, 5.41) is 19.4. The second-order valence-corrected chi connectivity index (χ2v) is 6.51. The lowest BCUT2D eigenvalue weighted by atomic mass is 10.3. The number of carbonyl (C=O) groups is 1. The van der Waals surface area contributed by atoms with E-state index in [4.69, 9.17) is 10.2 Å². The van der Waals surface area contributed by atoms with Gasteiger partial charge in [-0.05, 0) is 17.9 Å². The highest BCUT2D eigenvalue weighted by Crippen LogP contribution is 2.29. The number of hydrogen-bond acceptors (Lipinski definition) is 5. The highest BCUT2D eigenvalue weighted by Gasteiger charge is 2.31. The van der Waals surface area contributed by atoms with Gasteiger partial charge in [0.15, 0.2) is 0 Å². The number of rotatable bonds is 7. The monoisotopic (exact) mass is 305 g/mol. The number of carboxylic acids is 1. The van der Waals surface area contributed by atoms with Crippen LogP contribution in [0.5, 0.6) is 0 Å². The lowest BCUT2D eigenvalue weighted by molar-refractivity contribution is 0.0698. The van der Waals surface area contributed by atoms with Crippen molar-refractivity contribution in [2.24, 2.45) is 0 Å². The minimum Gasteiger partial charge on any atom is -0.477 e. The van der Waals surface area contributed by atoms with Gasteiger partial charge in [0.2, 0.25) is 10.0 Å². The van der Waals surface area contributed by atoms with Gasteiger partial charge in [-0.2, -0.15) is 4.31 Å². The molecule has 0 fully saturated rings. The van der Waals surface area contributed by atoms with E-state index in [9.17, 15) is 13.2 Å². The Morgan fingerprint density at radius 3 is 2.68 bits per heavy atom. The van der Waals surface area contributed by atoms with Crippen LogP contribution in [0.1, 0.15) is 15.2 Å². The Labute approximate surface area is 115 Å². The number of nitrogens with zero attached hydrogens (tertiary/aromatic N) is 1. The van der Waals surface area contributed by atoms with Crippen molar-refractivity contribution in [3.05, 3.63) is 28.5 Å². The molecule has 0 saturated carbocycles. The van der Waals surface area contributed by atoms with E-state index in [0.29, 0.717) is 5.56 Å². The molecule has 0 atom stereocenters. The maximum Gasteiger partial charge on any atom is 0.347 e. The van der Waals surface area contributed by atoms with Crippen LogP contribution >= 0.6 is 11.3 Å². The Hall–Kier alpha value is -1.22. The molecule has 0 aromatic carbocycles. The number of aromatic carboxylic acids is 1. The first-order valence-electron chi connectivity index (χ1n) is 5.39. The predicted molar refractivity (Wildman–Crippen MR) is 72.1 cm³/mol. The molecule has 8 heteroatoms. The van der Waals surface area contributed by atoms with Gasteiger partial charge in [0.05, 0.1) is 6.61 Å². The van der Waals surface area contributed by atoms with Crippen molar-refractivity contribution in [3.8, 4) is 0 Å². The third-order valence-corrected chi connectivity index (χ3v) is 5.66. The fourth-order valence-corrected chi connectivity index (χ4v) is 4.58. The molecule has 1 aromatic rings. The van der Waals surface area contributed by atoms with Crippen molar-refractivity contribution in [3.63, 3.8) is 0 Å².